The maximum absolute atomic E-state index is 11.2. The fraction of sp³-hybridized carbons (Fsp3) is 0.125. The van der Waals surface area contributed by atoms with Crippen molar-refractivity contribution in [1.82, 2.24) is 10.3 Å². The molecule has 0 saturated carbocycles. The summed E-state index contributed by atoms with van der Waals surface area (Å²) in [6, 6.07) is 0. The van der Waals surface area contributed by atoms with E-state index in [0.717, 1.165) is 6.08 Å². The van der Waals surface area contributed by atoms with E-state index in [1.54, 1.807) is 5.51 Å². The number of nitrogens with one attached hydrogen (secondary N) is 1. The van der Waals surface area contributed by atoms with Gasteiger partial charge in [0.15, 0.2) is 5.78 Å². The topological polar surface area (TPSA) is 59.1 Å². The smallest absolute Gasteiger partial charge is 0.243 e. The first-order valence-electron chi connectivity index (χ1n) is 3.56. The van der Waals surface area contributed by atoms with Gasteiger partial charge in [0.05, 0.1) is 16.9 Å². The summed E-state index contributed by atoms with van der Waals surface area (Å²) in [4.78, 5) is 26.2. The number of Topliss-reactive ketones (excluding diaryl/α,β-unsaturated/α-hetero) is 1. The Kier molecular flexibility index (Phi) is 3.33. The summed E-state index contributed by atoms with van der Waals surface area (Å²) in [6.45, 7) is 3.26. The second-order valence-electron chi connectivity index (χ2n) is 2.21. The second kappa shape index (κ2) is 4.51. The molecule has 1 aromatic heterocycles. The second-order valence-corrected chi connectivity index (χ2v) is 3.10. The average molecular weight is 196 g/mol. The van der Waals surface area contributed by atoms with Crippen LogP contribution in [0, 0.1) is 0 Å². The van der Waals surface area contributed by atoms with Crippen LogP contribution in [-0.4, -0.2) is 23.2 Å². The number of aromatic nitrogens is 1. The molecule has 0 fully saturated rings. The van der Waals surface area contributed by atoms with Crippen molar-refractivity contribution in [3.05, 3.63) is 29.2 Å². The number of hydrogen-bond acceptors (Lipinski definition) is 4. The van der Waals surface area contributed by atoms with Crippen LogP contribution in [0.1, 0.15) is 9.67 Å². The summed E-state index contributed by atoms with van der Waals surface area (Å²) >= 11 is 1.25. The Hall–Kier alpha value is -1.49. The third kappa shape index (κ3) is 2.79. The van der Waals surface area contributed by atoms with Crippen molar-refractivity contribution in [3.63, 3.8) is 0 Å². The van der Waals surface area contributed by atoms with E-state index in [1.807, 2.05) is 0 Å². The molecule has 0 aliphatic heterocycles. The number of rotatable bonds is 4. The standard InChI is InChI=1S/C8H8N2O2S/c1-2-8(12)10-3-6(11)7-4-9-5-13-7/h2,4-5H,1,3H2,(H,10,12). The molecular weight excluding hydrogens is 188 g/mol. The Morgan fingerprint density at radius 1 is 1.69 bits per heavy atom. The van der Waals surface area contributed by atoms with Crippen molar-refractivity contribution in [3.8, 4) is 0 Å². The van der Waals surface area contributed by atoms with E-state index in [4.69, 9.17) is 0 Å². The molecule has 0 aliphatic carbocycles. The molecular formula is C8H8N2O2S. The Morgan fingerprint density at radius 2 is 2.46 bits per heavy atom. The van der Waals surface area contributed by atoms with Crippen molar-refractivity contribution in [1.29, 1.82) is 0 Å². The van der Waals surface area contributed by atoms with Crippen LogP contribution in [0.15, 0.2) is 24.4 Å². The molecule has 0 aromatic carbocycles. The largest absolute Gasteiger partial charge is 0.345 e. The van der Waals surface area contributed by atoms with Crippen LogP contribution in [-0.2, 0) is 4.79 Å². The number of carbonyl (C=O) groups is 2. The lowest BCUT2D eigenvalue weighted by Gasteiger charge is -1.97. The van der Waals surface area contributed by atoms with Crippen LogP contribution in [0.2, 0.25) is 0 Å². The average Bonchev–Trinajstić information content (AvgIpc) is 2.66. The van der Waals surface area contributed by atoms with E-state index in [2.05, 4.69) is 16.9 Å². The molecule has 1 aromatic rings. The van der Waals surface area contributed by atoms with Crippen molar-refractivity contribution < 1.29 is 9.59 Å². The molecule has 5 heteroatoms. The molecule has 1 N–H and O–H groups in total. The normalized spacial score (nSPS) is 9.23. The van der Waals surface area contributed by atoms with Gasteiger partial charge in [-0.2, -0.15) is 0 Å². The van der Waals surface area contributed by atoms with E-state index in [-0.39, 0.29) is 18.2 Å². The fourth-order valence-electron chi connectivity index (χ4n) is 0.680. The molecule has 0 atom stereocenters. The van der Waals surface area contributed by atoms with Gasteiger partial charge in [0.2, 0.25) is 5.91 Å². The first-order chi connectivity index (χ1) is 6.24. The zero-order valence-corrected chi connectivity index (χ0v) is 7.63. The maximum atomic E-state index is 11.2. The molecule has 0 bridgehead atoms. The Balaban J connectivity index is 2.43. The summed E-state index contributed by atoms with van der Waals surface area (Å²) in [6.07, 6.45) is 2.60. The zero-order valence-electron chi connectivity index (χ0n) is 6.82. The molecule has 13 heavy (non-hydrogen) atoms. The molecule has 0 radical (unpaired) electrons. The summed E-state index contributed by atoms with van der Waals surface area (Å²) in [5, 5.41) is 2.39. The van der Waals surface area contributed by atoms with Gasteiger partial charge >= 0.3 is 0 Å². The van der Waals surface area contributed by atoms with Crippen LogP contribution >= 0.6 is 11.3 Å². The lowest BCUT2D eigenvalue weighted by Crippen LogP contribution is -2.27. The van der Waals surface area contributed by atoms with E-state index in [0.29, 0.717) is 4.88 Å². The van der Waals surface area contributed by atoms with Crippen molar-refractivity contribution in [2.45, 2.75) is 0 Å². The molecule has 0 saturated heterocycles. The first kappa shape index (κ1) is 9.60. The van der Waals surface area contributed by atoms with E-state index in [1.165, 1.54) is 17.5 Å². The van der Waals surface area contributed by atoms with E-state index in [9.17, 15) is 9.59 Å². The molecule has 1 rings (SSSR count). The molecule has 68 valence electrons. The van der Waals surface area contributed by atoms with Crippen molar-refractivity contribution in [2.24, 2.45) is 0 Å². The van der Waals surface area contributed by atoms with Gasteiger partial charge in [0, 0.05) is 6.20 Å². The Morgan fingerprint density at radius 3 is 3.00 bits per heavy atom. The van der Waals surface area contributed by atoms with Gasteiger partial charge < -0.3 is 5.32 Å². The highest BCUT2D eigenvalue weighted by Gasteiger charge is 2.07. The lowest BCUT2D eigenvalue weighted by molar-refractivity contribution is -0.116. The van der Waals surface area contributed by atoms with Gasteiger partial charge in [-0.05, 0) is 6.08 Å². The predicted octanol–water partition coefficient (Wildman–Crippen LogP) is 0.628. The van der Waals surface area contributed by atoms with Crippen LogP contribution < -0.4 is 5.32 Å². The van der Waals surface area contributed by atoms with Crippen LogP contribution in [0.5, 0.6) is 0 Å². The van der Waals surface area contributed by atoms with Crippen LogP contribution in [0.3, 0.4) is 0 Å². The minimum Gasteiger partial charge on any atom is -0.345 e. The lowest BCUT2D eigenvalue weighted by atomic mass is 10.3. The summed E-state index contributed by atoms with van der Waals surface area (Å²) in [7, 11) is 0. The van der Waals surface area contributed by atoms with Gasteiger partial charge in [0.1, 0.15) is 0 Å². The fourth-order valence-corrected chi connectivity index (χ4v) is 1.24. The highest BCUT2D eigenvalue weighted by molar-refractivity contribution is 7.11. The quantitative estimate of drug-likeness (QED) is 0.567. The number of hydrogen-bond donors (Lipinski definition) is 1. The molecule has 0 aliphatic rings. The molecule has 1 amide bonds. The SMILES string of the molecule is C=CC(=O)NCC(=O)c1cncs1. The molecule has 0 unspecified atom stereocenters. The summed E-state index contributed by atoms with van der Waals surface area (Å²) in [5.41, 5.74) is 1.57. The van der Waals surface area contributed by atoms with Gasteiger partial charge in [-0.15, -0.1) is 11.3 Å². The summed E-state index contributed by atoms with van der Waals surface area (Å²) < 4.78 is 0. The monoisotopic (exact) mass is 196 g/mol. The van der Waals surface area contributed by atoms with Gasteiger partial charge in [-0.3, -0.25) is 14.6 Å². The number of amides is 1. The molecule has 0 spiro atoms. The third-order valence-corrected chi connectivity index (χ3v) is 2.13. The predicted molar refractivity (Wildman–Crippen MR) is 49.7 cm³/mol. The number of ketones is 1. The number of carbonyl (C=O) groups excluding carboxylic acids is 2. The zero-order chi connectivity index (χ0) is 9.68. The molecule has 1 heterocycles. The number of thiazole rings is 1. The van der Waals surface area contributed by atoms with Crippen LogP contribution in [0.4, 0.5) is 0 Å². The maximum Gasteiger partial charge on any atom is 0.243 e. The van der Waals surface area contributed by atoms with Gasteiger partial charge in [0.25, 0.3) is 0 Å². The summed E-state index contributed by atoms with van der Waals surface area (Å²) in [5.74, 6) is -0.490. The van der Waals surface area contributed by atoms with Crippen molar-refractivity contribution in [2.75, 3.05) is 6.54 Å². The van der Waals surface area contributed by atoms with Crippen molar-refractivity contribution >= 4 is 23.0 Å². The van der Waals surface area contributed by atoms with E-state index < -0.39 is 0 Å². The highest BCUT2D eigenvalue weighted by Crippen LogP contribution is 2.05. The number of nitrogens with zero attached hydrogens (tertiary/aromatic N) is 1. The Bertz CT molecular complexity index is 319. The minimum atomic E-state index is -0.349. The Labute approximate surface area is 79.3 Å². The minimum absolute atomic E-state index is 0.00690. The van der Waals surface area contributed by atoms with Crippen LogP contribution in [0.25, 0.3) is 0 Å². The van der Waals surface area contributed by atoms with Gasteiger partial charge in [-0.25, -0.2) is 0 Å². The van der Waals surface area contributed by atoms with Gasteiger partial charge in [-0.1, -0.05) is 6.58 Å². The first-order valence-corrected chi connectivity index (χ1v) is 4.44. The highest BCUT2D eigenvalue weighted by atomic mass is 32.1. The van der Waals surface area contributed by atoms with E-state index >= 15 is 0 Å². The third-order valence-electron chi connectivity index (χ3n) is 1.32. The molecule has 4 nitrogen and oxygen atoms in total.